The topological polar surface area (TPSA) is 105 Å². The van der Waals surface area contributed by atoms with Gasteiger partial charge in [0.05, 0.1) is 7.11 Å². The number of carboxylic acid groups (broad SMARTS) is 1. The van der Waals surface area contributed by atoms with Crippen molar-refractivity contribution in [2.45, 2.75) is 13.0 Å². The Balaban J connectivity index is 2.75. The predicted molar refractivity (Wildman–Crippen MR) is 66.9 cm³/mol. The molecule has 2 amide bonds. The van der Waals surface area contributed by atoms with E-state index in [-0.39, 0.29) is 0 Å². The van der Waals surface area contributed by atoms with Gasteiger partial charge in [-0.05, 0) is 24.3 Å². The van der Waals surface area contributed by atoms with Crippen LogP contribution in [0.25, 0.3) is 0 Å². The van der Waals surface area contributed by atoms with Gasteiger partial charge in [-0.2, -0.15) is 0 Å². The molecule has 1 aromatic rings. The van der Waals surface area contributed by atoms with Crippen molar-refractivity contribution in [3.05, 3.63) is 24.3 Å². The van der Waals surface area contributed by atoms with Crippen LogP contribution in [-0.4, -0.2) is 36.0 Å². The first-order valence-electron chi connectivity index (χ1n) is 5.39. The van der Waals surface area contributed by atoms with Crippen molar-refractivity contribution >= 4 is 23.5 Å². The summed E-state index contributed by atoms with van der Waals surface area (Å²) in [5.74, 6) is -2.25. The van der Waals surface area contributed by atoms with Crippen LogP contribution >= 0.6 is 0 Å². The lowest BCUT2D eigenvalue weighted by atomic mass is 10.2. The molecule has 19 heavy (non-hydrogen) atoms. The highest BCUT2D eigenvalue weighted by Gasteiger charge is 2.26. The first kappa shape index (κ1) is 14.5. The van der Waals surface area contributed by atoms with Gasteiger partial charge in [0.15, 0.2) is 0 Å². The number of methoxy groups -OCH3 is 1. The smallest absolute Gasteiger partial charge is 0.336 e. The van der Waals surface area contributed by atoms with Gasteiger partial charge in [-0.1, -0.05) is 0 Å². The molecule has 1 atom stereocenters. The molecule has 0 aromatic heterocycles. The number of ether oxygens (including phenoxy) is 1. The fraction of sp³-hybridized carbons (Fsp3) is 0.250. The molecule has 0 unspecified atom stereocenters. The van der Waals surface area contributed by atoms with E-state index >= 15 is 0 Å². The van der Waals surface area contributed by atoms with Gasteiger partial charge >= 0.3 is 5.97 Å². The predicted octanol–water partition coefficient (Wildman–Crippen LogP) is 0.223. The van der Waals surface area contributed by atoms with Crippen molar-refractivity contribution < 1.29 is 24.2 Å². The quantitative estimate of drug-likeness (QED) is 0.661. The second-order valence-electron chi connectivity index (χ2n) is 3.69. The highest BCUT2D eigenvalue weighted by Crippen LogP contribution is 2.15. The van der Waals surface area contributed by atoms with Crippen molar-refractivity contribution in [1.29, 1.82) is 0 Å². The summed E-state index contributed by atoms with van der Waals surface area (Å²) in [5.41, 5.74) is 0.405. The Hall–Kier alpha value is -2.57. The second-order valence-corrected chi connectivity index (χ2v) is 3.69. The van der Waals surface area contributed by atoms with Crippen LogP contribution < -0.4 is 15.4 Å². The Bertz CT molecular complexity index is 483. The summed E-state index contributed by atoms with van der Waals surface area (Å²) in [6, 6.07) is 4.72. The Morgan fingerprint density at radius 3 is 2.21 bits per heavy atom. The minimum atomic E-state index is -1.63. The van der Waals surface area contributed by atoms with Crippen LogP contribution in [0.15, 0.2) is 24.3 Å². The Kier molecular flexibility index (Phi) is 4.87. The van der Waals surface area contributed by atoms with Gasteiger partial charge in [-0.3, -0.25) is 9.59 Å². The number of hydrogen-bond acceptors (Lipinski definition) is 4. The van der Waals surface area contributed by atoms with E-state index in [1.54, 1.807) is 24.3 Å². The van der Waals surface area contributed by atoms with E-state index in [9.17, 15) is 14.4 Å². The molecule has 7 nitrogen and oxygen atoms in total. The first-order valence-corrected chi connectivity index (χ1v) is 5.39. The largest absolute Gasteiger partial charge is 0.497 e. The average Bonchev–Trinajstić information content (AvgIpc) is 2.36. The average molecular weight is 266 g/mol. The molecule has 0 saturated carbocycles. The zero-order valence-electron chi connectivity index (χ0n) is 10.5. The Morgan fingerprint density at radius 2 is 1.79 bits per heavy atom. The molecule has 1 aromatic carbocycles. The van der Waals surface area contributed by atoms with Gasteiger partial charge < -0.3 is 20.5 Å². The number of carbonyl (C=O) groups is 3. The van der Waals surface area contributed by atoms with Crippen LogP contribution in [-0.2, 0) is 14.4 Å². The van der Waals surface area contributed by atoms with Gasteiger partial charge in [-0.15, -0.1) is 0 Å². The molecule has 1 rings (SSSR count). The number of anilines is 1. The molecule has 0 aliphatic heterocycles. The molecule has 0 saturated heterocycles. The third kappa shape index (κ3) is 4.30. The molecular weight excluding hydrogens is 252 g/mol. The van der Waals surface area contributed by atoms with Gasteiger partial charge in [-0.25, -0.2) is 4.79 Å². The molecule has 0 aliphatic carbocycles. The minimum absolute atomic E-state index is 0.405. The second kappa shape index (κ2) is 6.39. The lowest BCUT2D eigenvalue weighted by Gasteiger charge is -2.13. The number of carbonyl (C=O) groups excluding carboxylic acids is 2. The standard InChI is InChI=1S/C12H14N2O5/c1-7(15)13-10(12(17)18)11(16)14-8-3-5-9(19-2)6-4-8/h3-6,10H,1-2H3,(H,13,15)(H,14,16)(H,17,18)/t10-/m0/s1. The van der Waals surface area contributed by atoms with E-state index in [0.29, 0.717) is 11.4 Å². The van der Waals surface area contributed by atoms with E-state index in [1.807, 2.05) is 5.32 Å². The molecule has 102 valence electrons. The highest BCUT2D eigenvalue weighted by atomic mass is 16.5. The van der Waals surface area contributed by atoms with Crippen molar-refractivity contribution in [3.63, 3.8) is 0 Å². The van der Waals surface area contributed by atoms with E-state index in [4.69, 9.17) is 9.84 Å². The normalized spacial score (nSPS) is 11.3. The number of aliphatic carboxylic acids is 1. The molecule has 3 N–H and O–H groups in total. The number of benzene rings is 1. The SMILES string of the molecule is COc1ccc(NC(=O)[C@H](NC(C)=O)C(=O)O)cc1. The van der Waals surface area contributed by atoms with Crippen LogP contribution in [0.5, 0.6) is 5.75 Å². The van der Waals surface area contributed by atoms with Gasteiger partial charge in [0.25, 0.3) is 5.91 Å². The number of rotatable bonds is 5. The van der Waals surface area contributed by atoms with Crippen LogP contribution in [0.1, 0.15) is 6.92 Å². The maximum absolute atomic E-state index is 11.7. The monoisotopic (exact) mass is 266 g/mol. The maximum atomic E-state index is 11.7. The Labute approximate surface area is 109 Å². The molecule has 7 heteroatoms. The van der Waals surface area contributed by atoms with E-state index < -0.39 is 23.8 Å². The third-order valence-electron chi connectivity index (χ3n) is 2.21. The van der Waals surface area contributed by atoms with Gasteiger partial charge in [0.2, 0.25) is 11.9 Å². The fourth-order valence-corrected chi connectivity index (χ4v) is 1.33. The summed E-state index contributed by atoms with van der Waals surface area (Å²) in [4.78, 5) is 33.4. The van der Waals surface area contributed by atoms with E-state index in [0.717, 1.165) is 6.92 Å². The van der Waals surface area contributed by atoms with Crippen LogP contribution in [0.3, 0.4) is 0 Å². The first-order chi connectivity index (χ1) is 8.93. The molecule has 0 aliphatic rings. The number of hydrogen-bond donors (Lipinski definition) is 3. The van der Waals surface area contributed by atoms with Crippen molar-refractivity contribution in [2.24, 2.45) is 0 Å². The lowest BCUT2D eigenvalue weighted by molar-refractivity contribution is -0.144. The summed E-state index contributed by atoms with van der Waals surface area (Å²) in [6.07, 6.45) is 0. The lowest BCUT2D eigenvalue weighted by Crippen LogP contribution is -2.48. The zero-order valence-corrected chi connectivity index (χ0v) is 10.5. The van der Waals surface area contributed by atoms with E-state index in [1.165, 1.54) is 7.11 Å². The van der Waals surface area contributed by atoms with Crippen molar-refractivity contribution in [3.8, 4) is 5.75 Å². The molecule has 0 heterocycles. The zero-order chi connectivity index (χ0) is 14.4. The van der Waals surface area contributed by atoms with Gasteiger partial charge in [0, 0.05) is 12.6 Å². The molecule has 0 bridgehead atoms. The molecular formula is C12H14N2O5. The minimum Gasteiger partial charge on any atom is -0.497 e. The third-order valence-corrected chi connectivity index (χ3v) is 2.21. The highest BCUT2D eigenvalue weighted by molar-refractivity contribution is 6.09. The van der Waals surface area contributed by atoms with Crippen molar-refractivity contribution in [1.82, 2.24) is 5.32 Å². The van der Waals surface area contributed by atoms with E-state index in [2.05, 4.69) is 5.32 Å². The van der Waals surface area contributed by atoms with Crippen LogP contribution in [0.2, 0.25) is 0 Å². The van der Waals surface area contributed by atoms with Crippen molar-refractivity contribution in [2.75, 3.05) is 12.4 Å². The van der Waals surface area contributed by atoms with Gasteiger partial charge in [0.1, 0.15) is 5.75 Å². The summed E-state index contributed by atoms with van der Waals surface area (Å²) in [6.45, 7) is 1.14. The van der Waals surface area contributed by atoms with Crippen LogP contribution in [0, 0.1) is 0 Å². The molecule has 0 spiro atoms. The summed E-state index contributed by atoms with van der Waals surface area (Å²) in [5, 5.41) is 13.3. The fourth-order valence-electron chi connectivity index (χ4n) is 1.33. The Morgan fingerprint density at radius 1 is 1.21 bits per heavy atom. The summed E-state index contributed by atoms with van der Waals surface area (Å²) < 4.78 is 4.95. The van der Waals surface area contributed by atoms with Crippen LogP contribution in [0.4, 0.5) is 5.69 Å². The molecule has 0 radical (unpaired) electrons. The number of nitrogens with one attached hydrogen (secondary N) is 2. The number of carboxylic acids is 1. The number of amides is 2. The summed E-state index contributed by atoms with van der Waals surface area (Å²) in [7, 11) is 1.50. The maximum Gasteiger partial charge on any atom is 0.336 e. The summed E-state index contributed by atoms with van der Waals surface area (Å²) >= 11 is 0. The molecule has 0 fully saturated rings.